The molecule has 26 heavy (non-hydrogen) atoms. The van der Waals surface area contributed by atoms with Gasteiger partial charge < -0.3 is 10.4 Å². The Kier molecular flexibility index (Phi) is 5.32. The molecule has 1 aromatic heterocycles. The molecule has 0 spiro atoms. The second-order valence-electron chi connectivity index (χ2n) is 6.38. The molecular weight excluding hydrogens is 339 g/mol. The van der Waals surface area contributed by atoms with Gasteiger partial charge in [0.25, 0.3) is 5.91 Å². The molecule has 138 valence electrons. The van der Waals surface area contributed by atoms with E-state index < -0.39 is 5.97 Å². The fourth-order valence-electron chi connectivity index (χ4n) is 3.21. The lowest BCUT2D eigenvalue weighted by molar-refractivity contribution is -0.139. The summed E-state index contributed by atoms with van der Waals surface area (Å²) in [4.78, 5) is 29.3. The highest BCUT2D eigenvalue weighted by atomic mass is 19.1. The van der Waals surface area contributed by atoms with Gasteiger partial charge in [-0.3, -0.25) is 19.1 Å². The zero-order valence-corrected chi connectivity index (χ0v) is 14.4. The number of carboxylic acid groups (broad SMARTS) is 1. The zero-order valence-electron chi connectivity index (χ0n) is 14.4. The third-order valence-electron chi connectivity index (χ3n) is 4.69. The van der Waals surface area contributed by atoms with Crippen molar-refractivity contribution >= 4 is 11.9 Å². The Morgan fingerprint density at radius 2 is 2.04 bits per heavy atom. The van der Waals surface area contributed by atoms with Crippen LogP contribution in [0.2, 0.25) is 0 Å². The van der Waals surface area contributed by atoms with Crippen LogP contribution in [0.5, 0.6) is 0 Å². The van der Waals surface area contributed by atoms with E-state index in [9.17, 15) is 14.0 Å². The van der Waals surface area contributed by atoms with Crippen molar-refractivity contribution in [2.75, 3.05) is 13.1 Å². The number of aromatic nitrogens is 2. The number of hydrogen-bond acceptors (Lipinski definition) is 4. The molecule has 1 amide bonds. The van der Waals surface area contributed by atoms with Gasteiger partial charge >= 0.3 is 5.97 Å². The van der Waals surface area contributed by atoms with Crippen LogP contribution >= 0.6 is 0 Å². The number of carboxylic acids is 1. The smallest absolute Gasteiger partial charge is 0.317 e. The topological polar surface area (TPSA) is 87.5 Å². The summed E-state index contributed by atoms with van der Waals surface area (Å²) in [6, 6.07) is 6.00. The van der Waals surface area contributed by atoms with E-state index in [1.807, 2.05) is 11.8 Å². The fourth-order valence-corrected chi connectivity index (χ4v) is 3.21. The number of benzene rings is 1. The number of likely N-dealkylation sites (N-methyl/N-ethyl adjacent to an activating group) is 1. The summed E-state index contributed by atoms with van der Waals surface area (Å²) in [5.74, 6) is -1.44. The van der Waals surface area contributed by atoms with E-state index in [0.717, 1.165) is 12.8 Å². The molecule has 1 aliphatic rings. The molecule has 1 aromatic carbocycles. The number of amides is 1. The average molecular weight is 360 g/mol. The van der Waals surface area contributed by atoms with Gasteiger partial charge in [0.05, 0.1) is 19.1 Å². The van der Waals surface area contributed by atoms with E-state index in [2.05, 4.69) is 10.3 Å². The van der Waals surface area contributed by atoms with E-state index in [0.29, 0.717) is 17.9 Å². The van der Waals surface area contributed by atoms with Crippen LogP contribution in [-0.4, -0.2) is 56.6 Å². The maximum Gasteiger partial charge on any atom is 0.317 e. The highest BCUT2D eigenvalue weighted by molar-refractivity contribution is 5.93. The van der Waals surface area contributed by atoms with E-state index >= 15 is 0 Å². The first-order chi connectivity index (χ1) is 12.5. The maximum atomic E-state index is 13.1. The molecule has 1 saturated carbocycles. The van der Waals surface area contributed by atoms with Crippen molar-refractivity contribution in [1.29, 1.82) is 0 Å². The molecule has 2 N–H and O–H groups in total. The zero-order chi connectivity index (χ0) is 18.7. The molecule has 1 fully saturated rings. The minimum absolute atomic E-state index is 0.00640. The van der Waals surface area contributed by atoms with Crippen molar-refractivity contribution in [3.05, 3.63) is 48.3 Å². The average Bonchev–Trinajstić information content (AvgIpc) is 3.06. The normalized spacial score (nSPS) is 19.2. The minimum Gasteiger partial charge on any atom is -0.480 e. The van der Waals surface area contributed by atoms with E-state index in [1.165, 1.54) is 24.7 Å². The number of imidazole rings is 1. The van der Waals surface area contributed by atoms with Gasteiger partial charge in [-0.25, -0.2) is 9.37 Å². The van der Waals surface area contributed by atoms with Crippen molar-refractivity contribution in [3.63, 3.8) is 0 Å². The number of halogens is 1. The molecule has 0 aliphatic heterocycles. The number of nitrogens with zero attached hydrogens (tertiary/aromatic N) is 3. The molecule has 2 aromatic rings. The van der Waals surface area contributed by atoms with Crippen LogP contribution in [0, 0.1) is 5.82 Å². The highest BCUT2D eigenvalue weighted by Crippen LogP contribution is 2.26. The SMILES string of the molecule is CCN(CC(=O)O)C1CC(NC(=O)c2cncn2-c2ccc(F)cc2)C1. The second-order valence-corrected chi connectivity index (χ2v) is 6.38. The van der Waals surface area contributed by atoms with Gasteiger partial charge in [0, 0.05) is 17.8 Å². The number of hydrogen-bond donors (Lipinski definition) is 2. The van der Waals surface area contributed by atoms with Gasteiger partial charge in [0.2, 0.25) is 0 Å². The Labute approximate surface area is 150 Å². The van der Waals surface area contributed by atoms with Crippen LogP contribution in [-0.2, 0) is 4.79 Å². The van der Waals surface area contributed by atoms with Crippen molar-refractivity contribution < 1.29 is 19.1 Å². The van der Waals surface area contributed by atoms with E-state index in [1.54, 1.807) is 16.7 Å². The Morgan fingerprint density at radius 3 is 2.65 bits per heavy atom. The Morgan fingerprint density at radius 1 is 1.35 bits per heavy atom. The molecule has 0 bridgehead atoms. The van der Waals surface area contributed by atoms with Crippen molar-refractivity contribution in [3.8, 4) is 5.69 Å². The molecule has 1 aliphatic carbocycles. The van der Waals surface area contributed by atoms with Crippen molar-refractivity contribution in [1.82, 2.24) is 19.8 Å². The Hall–Kier alpha value is -2.74. The van der Waals surface area contributed by atoms with Crippen LogP contribution in [0.3, 0.4) is 0 Å². The van der Waals surface area contributed by atoms with Crippen LogP contribution in [0.15, 0.2) is 36.8 Å². The van der Waals surface area contributed by atoms with Gasteiger partial charge in [0.1, 0.15) is 11.5 Å². The molecule has 3 rings (SSSR count). The minimum atomic E-state index is -0.845. The molecular formula is C18H21FN4O3. The number of rotatable bonds is 7. The van der Waals surface area contributed by atoms with Gasteiger partial charge in [-0.2, -0.15) is 0 Å². The predicted molar refractivity (Wildman–Crippen MR) is 92.7 cm³/mol. The van der Waals surface area contributed by atoms with Crippen LogP contribution in [0.25, 0.3) is 5.69 Å². The summed E-state index contributed by atoms with van der Waals surface area (Å²) >= 11 is 0. The fraction of sp³-hybridized carbons (Fsp3) is 0.389. The third kappa shape index (κ3) is 3.91. The van der Waals surface area contributed by atoms with Gasteiger partial charge in [-0.1, -0.05) is 6.92 Å². The summed E-state index contributed by atoms with van der Waals surface area (Å²) < 4.78 is 14.7. The number of carbonyl (C=O) groups is 2. The molecule has 0 atom stereocenters. The lowest BCUT2D eigenvalue weighted by atomic mass is 9.85. The molecule has 0 saturated heterocycles. The highest BCUT2D eigenvalue weighted by Gasteiger charge is 2.35. The lowest BCUT2D eigenvalue weighted by Crippen LogP contribution is -2.54. The quantitative estimate of drug-likeness (QED) is 0.784. The molecule has 0 radical (unpaired) electrons. The largest absolute Gasteiger partial charge is 0.480 e. The van der Waals surface area contributed by atoms with Crippen LogP contribution < -0.4 is 5.32 Å². The van der Waals surface area contributed by atoms with Crippen LogP contribution in [0.4, 0.5) is 4.39 Å². The van der Waals surface area contributed by atoms with Gasteiger partial charge in [-0.15, -0.1) is 0 Å². The summed E-state index contributed by atoms with van der Waals surface area (Å²) in [5.41, 5.74) is 1.03. The first kappa shape index (κ1) is 18.1. The predicted octanol–water partition coefficient (Wildman–Crippen LogP) is 1.68. The Bertz CT molecular complexity index is 784. The number of carbonyl (C=O) groups excluding carboxylic acids is 1. The molecule has 8 heteroatoms. The Balaban J connectivity index is 1.60. The molecule has 1 heterocycles. The molecule has 0 unspecified atom stereocenters. The monoisotopic (exact) mass is 360 g/mol. The summed E-state index contributed by atoms with van der Waals surface area (Å²) in [6.07, 6.45) is 4.42. The third-order valence-corrected chi connectivity index (χ3v) is 4.69. The summed E-state index contributed by atoms with van der Waals surface area (Å²) in [5, 5.41) is 11.9. The molecule has 7 nitrogen and oxygen atoms in total. The van der Waals surface area contributed by atoms with Crippen molar-refractivity contribution in [2.45, 2.75) is 31.8 Å². The van der Waals surface area contributed by atoms with Crippen LogP contribution in [0.1, 0.15) is 30.3 Å². The van der Waals surface area contributed by atoms with E-state index in [4.69, 9.17) is 5.11 Å². The lowest BCUT2D eigenvalue weighted by Gasteiger charge is -2.42. The first-order valence-corrected chi connectivity index (χ1v) is 8.53. The van der Waals surface area contributed by atoms with E-state index in [-0.39, 0.29) is 30.4 Å². The van der Waals surface area contributed by atoms with Crippen molar-refractivity contribution in [2.24, 2.45) is 0 Å². The summed E-state index contributed by atoms with van der Waals surface area (Å²) in [7, 11) is 0. The van der Waals surface area contributed by atoms with Gasteiger partial charge in [-0.05, 0) is 43.7 Å². The first-order valence-electron chi connectivity index (χ1n) is 8.53. The number of aliphatic carboxylic acids is 1. The number of nitrogens with one attached hydrogen (secondary N) is 1. The maximum absolute atomic E-state index is 13.1. The standard InChI is InChI=1S/C18H21FN4O3/c1-2-22(10-17(24)25)15-7-13(8-15)21-18(26)16-9-20-11-23(16)14-5-3-12(19)4-6-14/h3-6,9,11,13,15H,2,7-8,10H2,1H3,(H,21,26)(H,24,25). The van der Waals surface area contributed by atoms with Gasteiger partial charge in [0.15, 0.2) is 0 Å². The summed E-state index contributed by atoms with van der Waals surface area (Å²) in [6.45, 7) is 2.60. The second kappa shape index (κ2) is 7.65.